The van der Waals surface area contributed by atoms with Gasteiger partial charge in [0.05, 0.1) is 0 Å². The van der Waals surface area contributed by atoms with E-state index in [1.807, 2.05) is 30.3 Å². The number of nitrogens with one attached hydrogen (secondary N) is 1. The summed E-state index contributed by atoms with van der Waals surface area (Å²) >= 11 is 0. The summed E-state index contributed by atoms with van der Waals surface area (Å²) in [6.45, 7) is 2.97. The second-order valence-corrected chi connectivity index (χ2v) is 7.52. The van der Waals surface area contributed by atoms with Gasteiger partial charge in [0.15, 0.2) is 0 Å². The number of fused-ring (bicyclic) bond motifs is 1. The zero-order chi connectivity index (χ0) is 19.2. The highest BCUT2D eigenvalue weighted by Gasteiger charge is 2.21. The van der Waals surface area contributed by atoms with Crippen LogP contribution in [0.1, 0.15) is 12.8 Å². The number of likely N-dealkylation sites (tertiary alicyclic amines) is 1. The fraction of sp³-hybridized carbons (Fsp3) is 0.333. The van der Waals surface area contributed by atoms with Crippen LogP contribution in [0.15, 0.2) is 72.8 Å². The molecule has 2 N–H and O–H groups in total. The van der Waals surface area contributed by atoms with E-state index in [0.717, 1.165) is 31.7 Å². The van der Waals surface area contributed by atoms with Gasteiger partial charge in [-0.05, 0) is 36.4 Å². The molecule has 1 heterocycles. The number of aliphatic hydroxyl groups is 1. The summed E-state index contributed by atoms with van der Waals surface area (Å²) in [6, 6.07) is 25.1. The largest absolute Gasteiger partial charge is 0.491 e. The smallest absolute Gasteiger partial charge is 0.119 e. The number of anilines is 1. The minimum Gasteiger partial charge on any atom is -0.491 e. The summed E-state index contributed by atoms with van der Waals surface area (Å²) in [7, 11) is 0. The number of rotatable bonds is 7. The second kappa shape index (κ2) is 9.09. The summed E-state index contributed by atoms with van der Waals surface area (Å²) in [6.07, 6.45) is 1.69. The van der Waals surface area contributed by atoms with Crippen molar-refractivity contribution in [3.8, 4) is 5.75 Å². The van der Waals surface area contributed by atoms with Gasteiger partial charge in [0, 0.05) is 36.7 Å². The van der Waals surface area contributed by atoms with Crippen LogP contribution < -0.4 is 10.1 Å². The van der Waals surface area contributed by atoms with Crippen molar-refractivity contribution < 1.29 is 9.84 Å². The van der Waals surface area contributed by atoms with Gasteiger partial charge in [-0.15, -0.1) is 0 Å². The molecule has 0 aliphatic carbocycles. The van der Waals surface area contributed by atoms with Gasteiger partial charge in [-0.2, -0.15) is 0 Å². The number of hydrogen-bond donors (Lipinski definition) is 2. The van der Waals surface area contributed by atoms with E-state index >= 15 is 0 Å². The van der Waals surface area contributed by atoms with E-state index in [0.29, 0.717) is 19.2 Å². The van der Waals surface area contributed by atoms with Crippen LogP contribution in [-0.2, 0) is 0 Å². The Hall–Kier alpha value is -2.56. The van der Waals surface area contributed by atoms with Crippen LogP contribution in [0.4, 0.5) is 5.69 Å². The van der Waals surface area contributed by atoms with Crippen molar-refractivity contribution in [1.82, 2.24) is 4.90 Å². The molecule has 0 spiro atoms. The van der Waals surface area contributed by atoms with E-state index in [2.05, 4.69) is 52.7 Å². The molecule has 0 unspecified atom stereocenters. The number of ether oxygens (including phenoxy) is 1. The Bertz CT molecular complexity index is 871. The van der Waals surface area contributed by atoms with Gasteiger partial charge >= 0.3 is 0 Å². The van der Waals surface area contributed by atoms with Crippen LogP contribution in [-0.4, -0.2) is 48.4 Å². The molecule has 4 rings (SSSR count). The Balaban J connectivity index is 1.24. The first-order valence-electron chi connectivity index (χ1n) is 10.1. The van der Waals surface area contributed by atoms with Crippen molar-refractivity contribution in [2.75, 3.05) is 31.6 Å². The van der Waals surface area contributed by atoms with Gasteiger partial charge in [-0.1, -0.05) is 54.6 Å². The third kappa shape index (κ3) is 4.83. The summed E-state index contributed by atoms with van der Waals surface area (Å²) in [5.74, 6) is 0.805. The van der Waals surface area contributed by atoms with Crippen molar-refractivity contribution >= 4 is 16.5 Å². The van der Waals surface area contributed by atoms with Crippen LogP contribution in [0.3, 0.4) is 0 Å². The molecule has 146 valence electrons. The topological polar surface area (TPSA) is 44.7 Å². The zero-order valence-corrected chi connectivity index (χ0v) is 16.1. The maximum absolute atomic E-state index is 10.3. The second-order valence-electron chi connectivity index (χ2n) is 7.52. The SMILES string of the molecule is O[C@@H](COc1ccccc1)CN1CCC(Nc2cccc3ccccc23)CC1. The predicted molar refractivity (Wildman–Crippen MR) is 115 cm³/mol. The Morgan fingerprint density at radius 2 is 1.64 bits per heavy atom. The molecule has 0 radical (unpaired) electrons. The van der Waals surface area contributed by atoms with Crippen LogP contribution >= 0.6 is 0 Å². The van der Waals surface area contributed by atoms with Gasteiger partial charge in [0.2, 0.25) is 0 Å². The van der Waals surface area contributed by atoms with Crippen LogP contribution in [0.5, 0.6) is 5.75 Å². The average Bonchev–Trinajstić information content (AvgIpc) is 2.75. The number of β-amino-alcohol motifs (C(OH)–C–C–N with tert-alkyl or cyclic N) is 1. The van der Waals surface area contributed by atoms with Crippen LogP contribution in [0.2, 0.25) is 0 Å². The fourth-order valence-corrected chi connectivity index (χ4v) is 3.89. The molecule has 0 amide bonds. The van der Waals surface area contributed by atoms with Gasteiger partial charge < -0.3 is 20.1 Å². The normalized spacial score (nSPS) is 16.8. The van der Waals surface area contributed by atoms with Crippen molar-refractivity contribution in [3.05, 3.63) is 72.8 Å². The molecular weight excluding hydrogens is 348 g/mol. The molecule has 28 heavy (non-hydrogen) atoms. The van der Waals surface area contributed by atoms with Crippen LogP contribution in [0.25, 0.3) is 10.8 Å². The number of hydrogen-bond acceptors (Lipinski definition) is 4. The summed E-state index contributed by atoms with van der Waals surface area (Å²) in [5, 5.41) is 16.6. The highest BCUT2D eigenvalue weighted by Crippen LogP contribution is 2.25. The molecule has 1 saturated heterocycles. The van der Waals surface area contributed by atoms with E-state index in [-0.39, 0.29) is 0 Å². The molecule has 1 aliphatic rings. The highest BCUT2D eigenvalue weighted by molar-refractivity contribution is 5.93. The first-order chi connectivity index (χ1) is 13.8. The van der Waals surface area contributed by atoms with E-state index < -0.39 is 6.10 Å². The Kier molecular flexibility index (Phi) is 6.10. The van der Waals surface area contributed by atoms with Crippen molar-refractivity contribution in [2.45, 2.75) is 25.0 Å². The van der Waals surface area contributed by atoms with Gasteiger partial charge in [-0.25, -0.2) is 0 Å². The molecule has 3 aromatic rings. The average molecular weight is 377 g/mol. The van der Waals surface area contributed by atoms with E-state index in [9.17, 15) is 5.11 Å². The lowest BCUT2D eigenvalue weighted by atomic mass is 10.0. The monoisotopic (exact) mass is 376 g/mol. The van der Waals surface area contributed by atoms with Crippen molar-refractivity contribution in [2.24, 2.45) is 0 Å². The van der Waals surface area contributed by atoms with Crippen molar-refractivity contribution in [3.63, 3.8) is 0 Å². The first-order valence-corrected chi connectivity index (χ1v) is 10.1. The molecule has 1 aliphatic heterocycles. The number of para-hydroxylation sites is 1. The standard InChI is InChI=1S/C24H28N2O2/c27-21(18-28-22-9-2-1-3-10-22)17-26-15-13-20(14-16-26)25-24-12-6-8-19-7-4-5-11-23(19)24/h1-12,20-21,25,27H,13-18H2/t21-/m1/s1. The maximum Gasteiger partial charge on any atom is 0.119 e. The Labute approximate surface area is 166 Å². The third-order valence-corrected chi connectivity index (χ3v) is 5.39. The number of aliphatic hydroxyl groups excluding tert-OH is 1. The number of benzene rings is 3. The van der Waals surface area contributed by atoms with E-state index in [4.69, 9.17) is 4.74 Å². The number of nitrogens with zero attached hydrogens (tertiary/aromatic N) is 1. The number of piperidine rings is 1. The summed E-state index contributed by atoms with van der Waals surface area (Å²) in [5.41, 5.74) is 1.22. The molecule has 4 nitrogen and oxygen atoms in total. The first kappa shape index (κ1) is 18.8. The predicted octanol–water partition coefficient (Wildman–Crippen LogP) is 4.16. The Morgan fingerprint density at radius 3 is 2.46 bits per heavy atom. The lowest BCUT2D eigenvalue weighted by molar-refractivity contribution is 0.0605. The summed E-state index contributed by atoms with van der Waals surface area (Å²) < 4.78 is 5.66. The molecule has 0 aromatic heterocycles. The fourth-order valence-electron chi connectivity index (χ4n) is 3.89. The third-order valence-electron chi connectivity index (χ3n) is 5.39. The molecular formula is C24H28N2O2. The molecule has 1 fully saturated rings. The minimum atomic E-state index is -0.470. The van der Waals surface area contributed by atoms with Gasteiger partial charge in [-0.3, -0.25) is 0 Å². The maximum atomic E-state index is 10.3. The molecule has 4 heteroatoms. The van der Waals surface area contributed by atoms with Crippen molar-refractivity contribution in [1.29, 1.82) is 0 Å². The quantitative estimate of drug-likeness (QED) is 0.650. The lowest BCUT2D eigenvalue weighted by Gasteiger charge is -2.34. The van der Waals surface area contributed by atoms with Gasteiger partial charge in [0.25, 0.3) is 0 Å². The molecule has 1 atom stereocenters. The zero-order valence-electron chi connectivity index (χ0n) is 16.1. The molecule has 3 aromatic carbocycles. The lowest BCUT2D eigenvalue weighted by Crippen LogP contribution is -2.43. The minimum absolute atomic E-state index is 0.332. The van der Waals surface area contributed by atoms with Gasteiger partial charge in [0.1, 0.15) is 18.5 Å². The molecule has 0 saturated carbocycles. The van der Waals surface area contributed by atoms with E-state index in [1.54, 1.807) is 0 Å². The summed E-state index contributed by atoms with van der Waals surface area (Å²) in [4.78, 5) is 2.33. The van der Waals surface area contributed by atoms with Crippen LogP contribution in [0, 0.1) is 0 Å². The highest BCUT2D eigenvalue weighted by atomic mass is 16.5. The Morgan fingerprint density at radius 1 is 0.929 bits per heavy atom. The molecule has 0 bridgehead atoms. The van der Waals surface area contributed by atoms with E-state index in [1.165, 1.54) is 16.5 Å².